The van der Waals surface area contributed by atoms with Crippen LogP contribution in [0.25, 0.3) is 0 Å². The van der Waals surface area contributed by atoms with Crippen LogP contribution in [0.2, 0.25) is 10.0 Å². The van der Waals surface area contributed by atoms with E-state index < -0.39 is 23.5 Å². The lowest BCUT2D eigenvalue weighted by Gasteiger charge is -2.23. The average Bonchev–Trinajstić information content (AvgIpc) is 2.81. The molecule has 1 unspecified atom stereocenters. The van der Waals surface area contributed by atoms with Gasteiger partial charge in [-0.15, -0.1) is 5.92 Å². The summed E-state index contributed by atoms with van der Waals surface area (Å²) in [5, 5.41) is 2.83. The number of aromatic nitrogens is 1. The molecule has 2 amide bonds. The summed E-state index contributed by atoms with van der Waals surface area (Å²) in [7, 11) is 1.47. The second-order valence-corrected chi connectivity index (χ2v) is 6.70. The highest BCUT2D eigenvalue weighted by Gasteiger charge is 2.46. The van der Waals surface area contributed by atoms with E-state index in [4.69, 9.17) is 23.2 Å². The van der Waals surface area contributed by atoms with Crippen molar-refractivity contribution >= 4 is 35.0 Å². The number of carbonyl (C=O) groups is 2. The molecular formula is C19H14Cl2FN3O2. The fourth-order valence-electron chi connectivity index (χ4n) is 2.87. The number of hydrazine groups is 1. The highest BCUT2D eigenvalue weighted by Crippen LogP contribution is 2.38. The Morgan fingerprint density at radius 2 is 1.85 bits per heavy atom. The molecule has 1 aliphatic rings. The number of halogens is 3. The Hall–Kier alpha value is -2.62. The van der Waals surface area contributed by atoms with Gasteiger partial charge in [-0.3, -0.25) is 19.6 Å². The SMILES string of the molecule is CC#Cc1cc(Cl)c(C2C(=O)N(C)N(Cc3ccc(F)cn3)C2=O)c(Cl)c1. The van der Waals surface area contributed by atoms with Gasteiger partial charge < -0.3 is 0 Å². The molecular weight excluding hydrogens is 392 g/mol. The van der Waals surface area contributed by atoms with Crippen molar-refractivity contribution in [2.75, 3.05) is 7.05 Å². The zero-order valence-corrected chi connectivity index (χ0v) is 16.0. The van der Waals surface area contributed by atoms with Crippen LogP contribution in [0.4, 0.5) is 4.39 Å². The van der Waals surface area contributed by atoms with Crippen LogP contribution < -0.4 is 0 Å². The summed E-state index contributed by atoms with van der Waals surface area (Å²) in [4.78, 5) is 29.6. The smallest absolute Gasteiger partial charge is 0.258 e. The quantitative estimate of drug-likeness (QED) is 0.580. The minimum Gasteiger partial charge on any atom is -0.272 e. The largest absolute Gasteiger partial charge is 0.272 e. The Kier molecular flexibility index (Phi) is 5.36. The van der Waals surface area contributed by atoms with Crippen LogP contribution in [0.1, 0.15) is 29.7 Å². The van der Waals surface area contributed by atoms with Gasteiger partial charge in [0, 0.05) is 28.2 Å². The van der Waals surface area contributed by atoms with Gasteiger partial charge in [0.25, 0.3) is 11.8 Å². The van der Waals surface area contributed by atoms with Crippen molar-refractivity contribution in [2.24, 2.45) is 0 Å². The second kappa shape index (κ2) is 7.55. The van der Waals surface area contributed by atoms with Crippen molar-refractivity contribution in [1.82, 2.24) is 15.0 Å². The van der Waals surface area contributed by atoms with Gasteiger partial charge in [-0.25, -0.2) is 9.40 Å². The lowest BCUT2D eigenvalue weighted by Crippen LogP contribution is -2.37. The second-order valence-electron chi connectivity index (χ2n) is 5.89. The van der Waals surface area contributed by atoms with Gasteiger partial charge in [-0.05, 0) is 31.2 Å². The third kappa shape index (κ3) is 3.61. The van der Waals surface area contributed by atoms with Crippen molar-refractivity contribution < 1.29 is 14.0 Å². The normalized spacial score (nSPS) is 16.6. The number of benzene rings is 1. The third-order valence-corrected chi connectivity index (χ3v) is 4.79. The molecule has 5 nitrogen and oxygen atoms in total. The molecule has 1 fully saturated rings. The maximum absolute atomic E-state index is 13.0. The van der Waals surface area contributed by atoms with Crippen molar-refractivity contribution in [1.29, 1.82) is 0 Å². The van der Waals surface area contributed by atoms with Gasteiger partial charge in [0.1, 0.15) is 11.7 Å². The van der Waals surface area contributed by atoms with E-state index in [9.17, 15) is 14.0 Å². The van der Waals surface area contributed by atoms with Crippen LogP contribution in [0.5, 0.6) is 0 Å². The molecule has 2 aromatic rings. The van der Waals surface area contributed by atoms with Gasteiger partial charge >= 0.3 is 0 Å². The van der Waals surface area contributed by atoms with Crippen LogP contribution in [0.15, 0.2) is 30.5 Å². The highest BCUT2D eigenvalue weighted by molar-refractivity contribution is 6.37. The standard InChI is InChI=1S/C19H14Cl2FN3O2/c1-3-4-11-7-14(20)16(15(21)8-11)17-18(26)24(2)25(19(17)27)10-13-6-5-12(22)9-23-13/h5-9,17H,10H2,1-2H3. The summed E-state index contributed by atoms with van der Waals surface area (Å²) in [5.41, 5.74) is 1.28. The first-order valence-corrected chi connectivity index (χ1v) is 8.70. The van der Waals surface area contributed by atoms with Gasteiger partial charge in [-0.2, -0.15) is 0 Å². The molecule has 2 heterocycles. The Morgan fingerprint density at radius 1 is 1.19 bits per heavy atom. The molecule has 138 valence electrons. The lowest BCUT2D eigenvalue weighted by molar-refractivity contribution is -0.145. The van der Waals surface area contributed by atoms with Crippen molar-refractivity contribution in [3.8, 4) is 11.8 Å². The van der Waals surface area contributed by atoms with Gasteiger partial charge in [0.15, 0.2) is 0 Å². The van der Waals surface area contributed by atoms with E-state index in [1.807, 2.05) is 0 Å². The number of hydrogen-bond donors (Lipinski definition) is 0. The van der Waals surface area contributed by atoms with E-state index in [0.29, 0.717) is 11.3 Å². The topological polar surface area (TPSA) is 53.5 Å². The Morgan fingerprint density at radius 3 is 2.41 bits per heavy atom. The molecule has 1 saturated heterocycles. The van der Waals surface area contributed by atoms with Gasteiger partial charge in [-0.1, -0.05) is 29.1 Å². The van der Waals surface area contributed by atoms with Crippen LogP contribution in [0.3, 0.4) is 0 Å². The van der Waals surface area contributed by atoms with E-state index in [1.54, 1.807) is 19.1 Å². The molecule has 0 N–H and O–H groups in total. The van der Waals surface area contributed by atoms with Gasteiger partial charge in [0.05, 0.1) is 18.4 Å². The molecule has 0 saturated carbocycles. The van der Waals surface area contributed by atoms with Crippen molar-refractivity contribution in [3.05, 3.63) is 63.1 Å². The Bertz CT molecular complexity index is 960. The molecule has 0 bridgehead atoms. The van der Waals surface area contributed by atoms with Crippen LogP contribution in [-0.4, -0.2) is 33.9 Å². The molecule has 27 heavy (non-hydrogen) atoms. The van der Waals surface area contributed by atoms with E-state index >= 15 is 0 Å². The molecule has 0 radical (unpaired) electrons. The van der Waals surface area contributed by atoms with Crippen LogP contribution >= 0.6 is 23.2 Å². The van der Waals surface area contributed by atoms with Crippen molar-refractivity contribution in [3.63, 3.8) is 0 Å². The monoisotopic (exact) mass is 405 g/mol. The minimum atomic E-state index is -1.15. The van der Waals surface area contributed by atoms with Gasteiger partial charge in [0.2, 0.25) is 0 Å². The molecule has 0 aliphatic carbocycles. The average molecular weight is 406 g/mol. The summed E-state index contributed by atoms with van der Waals surface area (Å²) >= 11 is 12.6. The summed E-state index contributed by atoms with van der Waals surface area (Å²) in [5.74, 6) is 3.00. The number of amides is 2. The Labute approximate surface area is 165 Å². The first kappa shape index (κ1) is 19.2. The highest BCUT2D eigenvalue weighted by atomic mass is 35.5. The summed E-state index contributed by atoms with van der Waals surface area (Å²) < 4.78 is 13.0. The lowest BCUT2D eigenvalue weighted by atomic mass is 9.97. The third-order valence-electron chi connectivity index (χ3n) is 4.17. The zero-order chi connectivity index (χ0) is 19.7. The minimum absolute atomic E-state index is 0.0203. The predicted octanol–water partition coefficient (Wildman–Crippen LogP) is 3.40. The predicted molar refractivity (Wildman–Crippen MR) is 99.3 cm³/mol. The number of carbonyl (C=O) groups excluding carboxylic acids is 2. The summed E-state index contributed by atoms with van der Waals surface area (Å²) in [6, 6.07) is 5.84. The molecule has 8 heteroatoms. The van der Waals surface area contributed by atoms with E-state index in [1.165, 1.54) is 29.2 Å². The molecule has 1 aromatic carbocycles. The molecule has 1 aliphatic heterocycles. The fourth-order valence-corrected chi connectivity index (χ4v) is 3.57. The maximum Gasteiger partial charge on any atom is 0.258 e. The first-order valence-electron chi connectivity index (χ1n) is 7.94. The number of nitrogens with zero attached hydrogens (tertiary/aromatic N) is 3. The number of rotatable bonds is 3. The van der Waals surface area contributed by atoms with E-state index in [2.05, 4.69) is 16.8 Å². The molecule has 0 spiro atoms. The van der Waals surface area contributed by atoms with E-state index in [-0.39, 0.29) is 22.2 Å². The number of pyridine rings is 1. The van der Waals surface area contributed by atoms with Crippen LogP contribution in [0, 0.1) is 17.7 Å². The van der Waals surface area contributed by atoms with Crippen LogP contribution in [-0.2, 0) is 16.1 Å². The van der Waals surface area contributed by atoms with E-state index in [0.717, 1.165) is 6.20 Å². The van der Waals surface area contributed by atoms with Crippen molar-refractivity contribution in [2.45, 2.75) is 19.4 Å². The fraction of sp³-hybridized carbons (Fsp3) is 0.211. The first-order chi connectivity index (χ1) is 12.8. The Balaban J connectivity index is 1.95. The summed E-state index contributed by atoms with van der Waals surface area (Å²) in [6.45, 7) is 1.70. The molecule has 3 rings (SSSR count). The zero-order valence-electron chi connectivity index (χ0n) is 14.5. The number of hydrogen-bond acceptors (Lipinski definition) is 3. The molecule has 1 aromatic heterocycles. The maximum atomic E-state index is 13.0. The summed E-state index contributed by atoms with van der Waals surface area (Å²) in [6.07, 6.45) is 1.05. The number of likely N-dealkylation sites (N-methyl/N-ethyl adjacent to an activating group) is 1. The molecule has 1 atom stereocenters.